The van der Waals surface area contributed by atoms with Gasteiger partial charge < -0.3 is 9.72 Å². The van der Waals surface area contributed by atoms with E-state index in [0.717, 1.165) is 17.7 Å². The van der Waals surface area contributed by atoms with Gasteiger partial charge in [0.1, 0.15) is 6.10 Å². The first kappa shape index (κ1) is 17.0. The monoisotopic (exact) mass is 348 g/mol. The van der Waals surface area contributed by atoms with E-state index in [0.29, 0.717) is 35.9 Å². The largest absolute Gasteiger partial charge is 0.464 e. The molecule has 1 unspecified atom stereocenters. The van der Waals surface area contributed by atoms with Gasteiger partial charge in [0.05, 0.1) is 5.56 Å². The van der Waals surface area contributed by atoms with Crippen LogP contribution in [-0.2, 0) is 28.5 Å². The maximum Gasteiger partial charge on any atom is 0.416 e. The van der Waals surface area contributed by atoms with E-state index in [-0.39, 0.29) is 0 Å². The summed E-state index contributed by atoms with van der Waals surface area (Å²) in [6.45, 7) is 0.385. The molecule has 25 heavy (non-hydrogen) atoms. The van der Waals surface area contributed by atoms with Crippen LogP contribution in [0.3, 0.4) is 0 Å². The molecule has 0 aliphatic heterocycles. The molecule has 1 aromatic carbocycles. The minimum atomic E-state index is -4.38. The van der Waals surface area contributed by atoms with Crippen molar-refractivity contribution < 1.29 is 22.7 Å². The summed E-state index contributed by atoms with van der Waals surface area (Å²) >= 11 is 0. The summed E-state index contributed by atoms with van der Waals surface area (Å²) < 4.78 is 43.5. The van der Waals surface area contributed by atoms with Crippen LogP contribution in [-0.4, -0.2) is 22.5 Å². The molecule has 0 fully saturated rings. The number of H-pyrrole nitrogens is 1. The molecule has 0 aliphatic carbocycles. The Morgan fingerprint density at radius 3 is 2.56 bits per heavy atom. The van der Waals surface area contributed by atoms with Crippen molar-refractivity contribution in [3.63, 3.8) is 0 Å². The van der Waals surface area contributed by atoms with Crippen molar-refractivity contribution in [3.05, 3.63) is 65.6 Å². The second kappa shape index (κ2) is 6.96. The Balaban J connectivity index is 1.80. The topological polar surface area (TPSA) is 55.0 Å². The molecule has 0 spiro atoms. The third-order valence-corrected chi connectivity index (χ3v) is 3.91. The van der Waals surface area contributed by atoms with Crippen LogP contribution in [0, 0.1) is 0 Å². The average Bonchev–Trinajstić information content (AvgIpc) is 2.96. The summed E-state index contributed by atoms with van der Waals surface area (Å²) in [6, 6.07) is 8.84. The molecule has 0 amide bonds. The van der Waals surface area contributed by atoms with Crippen molar-refractivity contribution in [3.8, 4) is 0 Å². The number of pyridine rings is 1. The van der Waals surface area contributed by atoms with Crippen molar-refractivity contribution in [2.75, 3.05) is 0 Å². The average molecular weight is 348 g/mol. The molecule has 0 radical (unpaired) electrons. The Bertz CT molecular complexity index is 860. The summed E-state index contributed by atoms with van der Waals surface area (Å²) in [5.74, 6) is 0. The summed E-state index contributed by atoms with van der Waals surface area (Å²) in [4.78, 5) is 17.8. The number of rotatable bonds is 6. The van der Waals surface area contributed by atoms with Gasteiger partial charge in [-0.15, -0.1) is 0 Å². The van der Waals surface area contributed by atoms with E-state index in [1.807, 2.05) is 12.1 Å². The third kappa shape index (κ3) is 4.17. The molecule has 0 saturated carbocycles. The predicted octanol–water partition coefficient (Wildman–Crippen LogP) is 3.91. The van der Waals surface area contributed by atoms with Crippen LogP contribution in [0.25, 0.3) is 10.9 Å². The van der Waals surface area contributed by atoms with E-state index in [2.05, 4.69) is 9.97 Å². The van der Waals surface area contributed by atoms with Crippen LogP contribution < -0.4 is 0 Å². The molecule has 7 heteroatoms. The number of aromatic amines is 1. The van der Waals surface area contributed by atoms with Gasteiger partial charge >= 0.3 is 6.18 Å². The molecule has 0 bridgehead atoms. The highest BCUT2D eigenvalue weighted by Crippen LogP contribution is 2.31. The SMILES string of the molecule is O=COC(Cc1ccncc1)Cc1cc2cc(C(F)(F)F)ccc2[nH]1. The zero-order valence-electron chi connectivity index (χ0n) is 13.1. The minimum absolute atomic E-state index is 0.372. The lowest BCUT2D eigenvalue weighted by atomic mass is 10.1. The number of fused-ring (bicyclic) bond motifs is 1. The molecule has 0 saturated heterocycles. The Labute approximate surface area is 141 Å². The van der Waals surface area contributed by atoms with Gasteiger partial charge in [0.2, 0.25) is 0 Å². The van der Waals surface area contributed by atoms with E-state index in [1.54, 1.807) is 18.5 Å². The minimum Gasteiger partial charge on any atom is -0.464 e. The normalized spacial score (nSPS) is 12.9. The number of alkyl halides is 3. The molecule has 1 N–H and O–H groups in total. The Hall–Kier alpha value is -2.83. The molecule has 130 valence electrons. The van der Waals surface area contributed by atoms with E-state index < -0.39 is 17.8 Å². The highest BCUT2D eigenvalue weighted by molar-refractivity contribution is 5.81. The Morgan fingerprint density at radius 2 is 1.88 bits per heavy atom. The lowest BCUT2D eigenvalue weighted by molar-refractivity contribution is -0.137. The number of nitrogens with one attached hydrogen (secondary N) is 1. The summed E-state index contributed by atoms with van der Waals surface area (Å²) in [5.41, 5.74) is 1.58. The molecular formula is C18H15F3N2O2. The number of halogens is 3. The first-order valence-electron chi connectivity index (χ1n) is 7.62. The van der Waals surface area contributed by atoms with Gasteiger partial charge in [-0.3, -0.25) is 9.78 Å². The molecule has 2 aromatic heterocycles. The molecular weight excluding hydrogens is 333 g/mol. The molecule has 0 aliphatic rings. The second-order valence-electron chi connectivity index (χ2n) is 5.71. The highest BCUT2D eigenvalue weighted by Gasteiger charge is 2.30. The van der Waals surface area contributed by atoms with Gasteiger partial charge in [-0.1, -0.05) is 0 Å². The van der Waals surface area contributed by atoms with Crippen LogP contribution in [0.15, 0.2) is 48.8 Å². The fraction of sp³-hybridized carbons (Fsp3) is 0.222. The van der Waals surface area contributed by atoms with E-state index in [9.17, 15) is 18.0 Å². The predicted molar refractivity (Wildman–Crippen MR) is 85.9 cm³/mol. The summed E-state index contributed by atoms with van der Waals surface area (Å²) in [7, 11) is 0. The van der Waals surface area contributed by atoms with Gasteiger partial charge in [0.25, 0.3) is 6.47 Å². The zero-order chi connectivity index (χ0) is 17.9. The highest BCUT2D eigenvalue weighted by atomic mass is 19.4. The van der Waals surface area contributed by atoms with Crippen LogP contribution in [0.2, 0.25) is 0 Å². The van der Waals surface area contributed by atoms with E-state index >= 15 is 0 Å². The van der Waals surface area contributed by atoms with E-state index in [1.165, 1.54) is 6.07 Å². The number of nitrogens with zero attached hydrogens (tertiary/aromatic N) is 1. The van der Waals surface area contributed by atoms with Gasteiger partial charge in [0, 0.05) is 41.8 Å². The fourth-order valence-corrected chi connectivity index (χ4v) is 2.75. The number of carbonyl (C=O) groups is 1. The van der Waals surface area contributed by atoms with Crippen molar-refractivity contribution in [2.24, 2.45) is 0 Å². The van der Waals surface area contributed by atoms with Crippen LogP contribution in [0.4, 0.5) is 13.2 Å². The van der Waals surface area contributed by atoms with Crippen LogP contribution >= 0.6 is 0 Å². The Morgan fingerprint density at radius 1 is 1.12 bits per heavy atom. The van der Waals surface area contributed by atoms with Gasteiger partial charge in [-0.05, 0) is 42.0 Å². The number of benzene rings is 1. The van der Waals surface area contributed by atoms with Crippen molar-refractivity contribution in [2.45, 2.75) is 25.1 Å². The number of hydrogen-bond acceptors (Lipinski definition) is 3. The first-order chi connectivity index (χ1) is 12.0. The van der Waals surface area contributed by atoms with Crippen molar-refractivity contribution in [1.29, 1.82) is 0 Å². The smallest absolute Gasteiger partial charge is 0.416 e. The van der Waals surface area contributed by atoms with Crippen LogP contribution in [0.1, 0.15) is 16.8 Å². The second-order valence-corrected chi connectivity index (χ2v) is 5.71. The zero-order valence-corrected chi connectivity index (χ0v) is 13.1. The third-order valence-electron chi connectivity index (χ3n) is 3.91. The number of hydrogen-bond donors (Lipinski definition) is 1. The van der Waals surface area contributed by atoms with Crippen molar-refractivity contribution in [1.82, 2.24) is 9.97 Å². The molecule has 3 rings (SSSR count). The van der Waals surface area contributed by atoms with Crippen LogP contribution in [0.5, 0.6) is 0 Å². The molecule has 1 atom stereocenters. The summed E-state index contributed by atoms with van der Waals surface area (Å²) in [6.07, 6.45) is -0.642. The molecule has 4 nitrogen and oxygen atoms in total. The number of ether oxygens (including phenoxy) is 1. The Kier molecular flexibility index (Phi) is 4.74. The first-order valence-corrected chi connectivity index (χ1v) is 7.62. The maximum atomic E-state index is 12.8. The maximum absolute atomic E-state index is 12.8. The molecule has 3 aromatic rings. The standard InChI is InChI=1S/C18H15F3N2O2/c19-18(20,21)14-1-2-17-13(8-14)9-15(23-17)10-16(25-11-24)7-12-3-5-22-6-4-12/h1-6,8-9,11,16,23H,7,10H2. The van der Waals surface area contributed by atoms with Crippen molar-refractivity contribution >= 4 is 17.4 Å². The number of aromatic nitrogens is 2. The number of carbonyl (C=O) groups excluding carboxylic acids is 1. The quantitative estimate of drug-likeness (QED) is 0.687. The van der Waals surface area contributed by atoms with Gasteiger partial charge in [0.15, 0.2) is 0 Å². The molecule has 2 heterocycles. The van der Waals surface area contributed by atoms with Gasteiger partial charge in [-0.2, -0.15) is 13.2 Å². The lowest BCUT2D eigenvalue weighted by Gasteiger charge is -2.14. The van der Waals surface area contributed by atoms with Gasteiger partial charge in [-0.25, -0.2) is 0 Å². The fourth-order valence-electron chi connectivity index (χ4n) is 2.75. The van der Waals surface area contributed by atoms with E-state index in [4.69, 9.17) is 4.74 Å². The summed E-state index contributed by atoms with van der Waals surface area (Å²) in [5, 5.41) is 0.471. The lowest BCUT2D eigenvalue weighted by Crippen LogP contribution is -2.18.